The summed E-state index contributed by atoms with van der Waals surface area (Å²) in [5.41, 5.74) is 1.85. The van der Waals surface area contributed by atoms with Gasteiger partial charge in [0, 0.05) is 24.3 Å². The molecule has 0 spiro atoms. The van der Waals surface area contributed by atoms with Gasteiger partial charge < -0.3 is 9.47 Å². The van der Waals surface area contributed by atoms with Crippen molar-refractivity contribution < 1.29 is 4.79 Å². The molecule has 2 aromatic rings. The molecule has 106 valence electrons. The Morgan fingerprint density at radius 3 is 2.60 bits per heavy atom. The van der Waals surface area contributed by atoms with Gasteiger partial charge in [0.15, 0.2) is 0 Å². The van der Waals surface area contributed by atoms with E-state index >= 15 is 0 Å². The summed E-state index contributed by atoms with van der Waals surface area (Å²) in [6.45, 7) is 4.85. The molecule has 0 N–H and O–H groups in total. The van der Waals surface area contributed by atoms with Crippen LogP contribution >= 0.6 is 15.9 Å². The van der Waals surface area contributed by atoms with Crippen LogP contribution in [0.3, 0.4) is 0 Å². The second-order valence-electron chi connectivity index (χ2n) is 4.83. The number of benzene rings is 1. The minimum absolute atomic E-state index is 0.0360. The average Bonchev–Trinajstić information content (AvgIpc) is 2.87. The van der Waals surface area contributed by atoms with Crippen molar-refractivity contribution in [3.63, 3.8) is 0 Å². The molecule has 1 atom stereocenters. The Labute approximate surface area is 128 Å². The molecule has 0 aliphatic rings. The van der Waals surface area contributed by atoms with E-state index in [9.17, 15) is 4.79 Å². The van der Waals surface area contributed by atoms with Crippen LogP contribution in [0.1, 0.15) is 35.9 Å². The van der Waals surface area contributed by atoms with E-state index < -0.39 is 0 Å². The average molecular weight is 335 g/mol. The van der Waals surface area contributed by atoms with Gasteiger partial charge >= 0.3 is 0 Å². The number of aryl methyl sites for hydroxylation is 1. The molecule has 1 unspecified atom stereocenters. The smallest absolute Gasteiger partial charge is 0.270 e. The number of hydrogen-bond acceptors (Lipinski definition) is 1. The first-order valence-electron chi connectivity index (χ1n) is 6.72. The van der Waals surface area contributed by atoms with Crippen LogP contribution in [0.4, 0.5) is 0 Å². The van der Waals surface area contributed by atoms with Gasteiger partial charge in [-0.3, -0.25) is 4.79 Å². The fourth-order valence-electron chi connectivity index (χ4n) is 2.23. The summed E-state index contributed by atoms with van der Waals surface area (Å²) < 4.78 is 2.89. The highest BCUT2D eigenvalue weighted by Crippen LogP contribution is 2.22. The Morgan fingerprint density at radius 1 is 1.35 bits per heavy atom. The number of carbonyl (C=O) groups is 1. The normalized spacial score (nSPS) is 12.2. The van der Waals surface area contributed by atoms with Gasteiger partial charge in [-0.05, 0) is 41.4 Å². The lowest BCUT2D eigenvalue weighted by atomic mass is 10.1. The van der Waals surface area contributed by atoms with Crippen molar-refractivity contribution in [1.82, 2.24) is 9.47 Å². The third-order valence-corrected chi connectivity index (χ3v) is 4.04. The molecule has 20 heavy (non-hydrogen) atoms. The van der Waals surface area contributed by atoms with Crippen molar-refractivity contribution in [2.24, 2.45) is 0 Å². The summed E-state index contributed by atoms with van der Waals surface area (Å²) in [5.74, 6) is 0.0360. The predicted octanol–water partition coefficient (Wildman–Crippen LogP) is 4.10. The first-order chi connectivity index (χ1) is 9.54. The van der Waals surface area contributed by atoms with Gasteiger partial charge in [-0.2, -0.15) is 0 Å². The Kier molecular flexibility index (Phi) is 4.65. The zero-order valence-corrected chi connectivity index (χ0v) is 13.6. The van der Waals surface area contributed by atoms with Gasteiger partial charge in [-0.15, -0.1) is 0 Å². The van der Waals surface area contributed by atoms with Crippen molar-refractivity contribution in [1.29, 1.82) is 0 Å². The molecular weight excluding hydrogens is 316 g/mol. The molecule has 1 heterocycles. The molecule has 0 saturated heterocycles. The topological polar surface area (TPSA) is 25.2 Å². The molecule has 1 aromatic heterocycles. The predicted molar refractivity (Wildman–Crippen MR) is 84.8 cm³/mol. The Morgan fingerprint density at radius 2 is 2.00 bits per heavy atom. The lowest BCUT2D eigenvalue weighted by Crippen LogP contribution is -2.31. The highest BCUT2D eigenvalue weighted by atomic mass is 79.9. The Bertz CT molecular complexity index is 592. The standard InChI is InChI=1S/C16H19BrN2O/c1-4-19-11-14(17)10-15(19)16(20)18(3)12(2)13-8-6-5-7-9-13/h5-12H,4H2,1-3H3. The van der Waals surface area contributed by atoms with Gasteiger partial charge in [0.1, 0.15) is 5.69 Å². The van der Waals surface area contributed by atoms with E-state index in [0.29, 0.717) is 5.69 Å². The lowest BCUT2D eigenvalue weighted by Gasteiger charge is -2.25. The number of halogens is 1. The number of carbonyl (C=O) groups excluding carboxylic acids is 1. The highest BCUT2D eigenvalue weighted by Gasteiger charge is 2.21. The lowest BCUT2D eigenvalue weighted by molar-refractivity contribution is 0.0732. The quantitative estimate of drug-likeness (QED) is 0.826. The van der Waals surface area contributed by atoms with E-state index in [2.05, 4.69) is 15.9 Å². The largest absolute Gasteiger partial charge is 0.343 e. The van der Waals surface area contributed by atoms with E-state index in [1.807, 2.05) is 68.1 Å². The molecule has 0 saturated carbocycles. The van der Waals surface area contributed by atoms with Crippen LogP contribution < -0.4 is 0 Å². The maximum absolute atomic E-state index is 12.6. The SMILES string of the molecule is CCn1cc(Br)cc1C(=O)N(C)C(C)c1ccccc1. The van der Waals surface area contributed by atoms with Crippen LogP contribution in [-0.4, -0.2) is 22.4 Å². The molecule has 0 aliphatic carbocycles. The zero-order chi connectivity index (χ0) is 14.7. The minimum Gasteiger partial charge on any atom is -0.343 e. The fourth-order valence-corrected chi connectivity index (χ4v) is 2.69. The Balaban J connectivity index is 2.24. The molecule has 3 nitrogen and oxygen atoms in total. The summed E-state index contributed by atoms with van der Waals surface area (Å²) in [6.07, 6.45) is 1.94. The number of rotatable bonds is 4. The zero-order valence-electron chi connectivity index (χ0n) is 12.0. The molecule has 0 bridgehead atoms. The van der Waals surface area contributed by atoms with Crippen LogP contribution in [0.15, 0.2) is 47.1 Å². The molecule has 1 aromatic carbocycles. The monoisotopic (exact) mass is 334 g/mol. The number of aromatic nitrogens is 1. The summed E-state index contributed by atoms with van der Waals surface area (Å²) in [6, 6.07) is 12.0. The molecule has 0 radical (unpaired) electrons. The van der Waals surface area contributed by atoms with Crippen LogP contribution in [-0.2, 0) is 6.54 Å². The van der Waals surface area contributed by atoms with Gasteiger partial charge in [0.05, 0.1) is 6.04 Å². The molecular formula is C16H19BrN2O. The molecule has 4 heteroatoms. The Hall–Kier alpha value is -1.55. The number of amides is 1. The number of hydrogen-bond donors (Lipinski definition) is 0. The van der Waals surface area contributed by atoms with Crippen molar-refractivity contribution in [2.45, 2.75) is 26.4 Å². The summed E-state index contributed by atoms with van der Waals surface area (Å²) >= 11 is 3.43. The summed E-state index contributed by atoms with van der Waals surface area (Å²) in [7, 11) is 1.85. The van der Waals surface area contributed by atoms with E-state index in [-0.39, 0.29) is 11.9 Å². The van der Waals surface area contributed by atoms with Crippen molar-refractivity contribution in [2.75, 3.05) is 7.05 Å². The van der Waals surface area contributed by atoms with Gasteiger partial charge in [0.2, 0.25) is 0 Å². The third kappa shape index (κ3) is 2.96. The van der Waals surface area contributed by atoms with Crippen LogP contribution in [0.25, 0.3) is 0 Å². The first kappa shape index (κ1) is 14.9. The summed E-state index contributed by atoms with van der Waals surface area (Å²) in [4.78, 5) is 14.4. The second kappa shape index (κ2) is 6.27. The number of nitrogens with zero attached hydrogens (tertiary/aromatic N) is 2. The first-order valence-corrected chi connectivity index (χ1v) is 7.51. The van der Waals surface area contributed by atoms with Crippen molar-refractivity contribution in [3.8, 4) is 0 Å². The van der Waals surface area contributed by atoms with Crippen LogP contribution in [0.2, 0.25) is 0 Å². The molecule has 1 amide bonds. The fraction of sp³-hybridized carbons (Fsp3) is 0.312. The third-order valence-electron chi connectivity index (χ3n) is 3.61. The maximum Gasteiger partial charge on any atom is 0.270 e. The van der Waals surface area contributed by atoms with E-state index in [4.69, 9.17) is 0 Å². The van der Waals surface area contributed by atoms with Gasteiger partial charge in [-0.1, -0.05) is 30.3 Å². The summed E-state index contributed by atoms with van der Waals surface area (Å²) in [5, 5.41) is 0. The highest BCUT2D eigenvalue weighted by molar-refractivity contribution is 9.10. The van der Waals surface area contributed by atoms with E-state index in [0.717, 1.165) is 16.6 Å². The molecule has 0 fully saturated rings. The molecule has 0 aliphatic heterocycles. The van der Waals surface area contributed by atoms with Crippen molar-refractivity contribution >= 4 is 21.8 Å². The van der Waals surface area contributed by atoms with E-state index in [1.165, 1.54) is 0 Å². The van der Waals surface area contributed by atoms with E-state index in [1.54, 1.807) is 4.90 Å². The minimum atomic E-state index is 0.0360. The van der Waals surface area contributed by atoms with Gasteiger partial charge in [0.25, 0.3) is 5.91 Å². The van der Waals surface area contributed by atoms with Crippen molar-refractivity contribution in [3.05, 3.63) is 58.3 Å². The van der Waals surface area contributed by atoms with Gasteiger partial charge in [-0.25, -0.2) is 0 Å². The maximum atomic E-state index is 12.6. The van der Waals surface area contributed by atoms with Crippen LogP contribution in [0, 0.1) is 0 Å². The second-order valence-corrected chi connectivity index (χ2v) is 5.75. The van der Waals surface area contributed by atoms with Crippen LogP contribution in [0.5, 0.6) is 0 Å². The molecule has 2 rings (SSSR count).